The van der Waals surface area contributed by atoms with Gasteiger partial charge in [0.2, 0.25) is 0 Å². The van der Waals surface area contributed by atoms with Crippen LogP contribution in [0.1, 0.15) is 0 Å². The quantitative estimate of drug-likeness (QED) is 0.335. The number of para-hydroxylation sites is 3. The molecule has 0 amide bonds. The van der Waals surface area contributed by atoms with Gasteiger partial charge < -0.3 is 4.40 Å². The summed E-state index contributed by atoms with van der Waals surface area (Å²) >= 11 is 0. The van der Waals surface area contributed by atoms with Crippen molar-refractivity contribution in [1.29, 1.82) is 0 Å². The standard InChI is InChI=1S/C27H16N2O/c30-27-26-24(17-9-2-1-3-10-17)20-12-5-7-15-22(20)28(26)23-16-8-13-19-18-11-4-6-14-21(18)29(27)25(19)23/h1-16H. The van der Waals surface area contributed by atoms with Gasteiger partial charge in [-0.05, 0) is 23.8 Å². The molecule has 3 heteroatoms. The second-order valence-electron chi connectivity index (χ2n) is 7.77. The normalized spacial score (nSPS) is 12.1. The number of hydrogen-bond acceptors (Lipinski definition) is 1. The van der Waals surface area contributed by atoms with E-state index in [2.05, 4.69) is 52.9 Å². The van der Waals surface area contributed by atoms with Crippen LogP contribution >= 0.6 is 0 Å². The summed E-state index contributed by atoms with van der Waals surface area (Å²) in [6.45, 7) is 0. The summed E-state index contributed by atoms with van der Waals surface area (Å²) < 4.78 is 4.06. The number of benzene rings is 4. The molecule has 0 saturated carbocycles. The Labute approximate surface area is 171 Å². The van der Waals surface area contributed by atoms with Gasteiger partial charge in [0.05, 0.1) is 22.1 Å². The Kier molecular flexibility index (Phi) is 2.88. The van der Waals surface area contributed by atoms with Crippen LogP contribution in [0.15, 0.2) is 102 Å². The van der Waals surface area contributed by atoms with Gasteiger partial charge in [-0.15, -0.1) is 0 Å². The Morgan fingerprint density at radius 3 is 1.87 bits per heavy atom. The largest absolute Gasteiger partial charge is 0.302 e. The summed E-state index contributed by atoms with van der Waals surface area (Å²) in [6, 6.07) is 33.0. The highest BCUT2D eigenvalue weighted by Gasteiger charge is 2.22. The average Bonchev–Trinajstić information content (AvgIpc) is 3.33. The minimum absolute atomic E-state index is 0.0231. The van der Waals surface area contributed by atoms with Crippen LogP contribution in [-0.2, 0) is 0 Å². The Morgan fingerprint density at radius 2 is 1.07 bits per heavy atom. The maximum absolute atomic E-state index is 14.1. The second kappa shape index (κ2) is 5.49. The molecule has 0 aliphatic carbocycles. The second-order valence-corrected chi connectivity index (χ2v) is 7.77. The first kappa shape index (κ1) is 15.8. The molecule has 3 nitrogen and oxygen atoms in total. The maximum atomic E-state index is 14.1. The molecule has 3 heterocycles. The van der Waals surface area contributed by atoms with Crippen LogP contribution in [0.3, 0.4) is 0 Å². The Morgan fingerprint density at radius 1 is 0.467 bits per heavy atom. The molecule has 0 unspecified atom stereocenters. The topological polar surface area (TPSA) is 25.9 Å². The van der Waals surface area contributed by atoms with E-state index >= 15 is 0 Å². The van der Waals surface area contributed by atoms with Crippen LogP contribution in [0.25, 0.3) is 54.9 Å². The van der Waals surface area contributed by atoms with Gasteiger partial charge in [0.15, 0.2) is 0 Å². The molecule has 0 fully saturated rings. The van der Waals surface area contributed by atoms with Crippen molar-refractivity contribution in [3.8, 4) is 11.1 Å². The Hall–Kier alpha value is -4.11. The van der Waals surface area contributed by atoms with E-state index in [9.17, 15) is 4.79 Å². The van der Waals surface area contributed by atoms with Crippen LogP contribution in [0.2, 0.25) is 0 Å². The number of hydrogen-bond donors (Lipinski definition) is 0. The van der Waals surface area contributed by atoms with E-state index in [1.807, 2.05) is 52.9 Å². The van der Waals surface area contributed by atoms with Gasteiger partial charge >= 0.3 is 0 Å². The number of rotatable bonds is 1. The third-order valence-corrected chi connectivity index (χ3v) is 6.26. The minimum atomic E-state index is 0.0231. The molecule has 3 aromatic heterocycles. The predicted molar refractivity (Wildman–Crippen MR) is 124 cm³/mol. The zero-order chi connectivity index (χ0) is 19.8. The van der Waals surface area contributed by atoms with Crippen molar-refractivity contribution in [2.75, 3.05) is 0 Å². The Bertz CT molecular complexity index is 1810. The molecular formula is C27H16N2O. The first-order valence-corrected chi connectivity index (χ1v) is 10.1. The zero-order valence-electron chi connectivity index (χ0n) is 16.0. The summed E-state index contributed by atoms with van der Waals surface area (Å²) in [7, 11) is 0. The lowest BCUT2D eigenvalue weighted by Crippen LogP contribution is -2.16. The molecule has 0 radical (unpaired) electrons. The van der Waals surface area contributed by atoms with Gasteiger partial charge in [0, 0.05) is 21.7 Å². The highest BCUT2D eigenvalue weighted by molar-refractivity contribution is 6.16. The summed E-state index contributed by atoms with van der Waals surface area (Å²) in [5.74, 6) is 0. The molecule has 4 aromatic carbocycles. The van der Waals surface area contributed by atoms with Crippen LogP contribution in [-0.4, -0.2) is 8.80 Å². The molecule has 7 aromatic rings. The van der Waals surface area contributed by atoms with Gasteiger partial charge in [-0.25, -0.2) is 0 Å². The van der Waals surface area contributed by atoms with E-state index in [0.717, 1.165) is 54.9 Å². The monoisotopic (exact) mass is 384 g/mol. The van der Waals surface area contributed by atoms with E-state index < -0.39 is 0 Å². The Balaban J connectivity index is 1.89. The lowest BCUT2D eigenvalue weighted by Gasteiger charge is -2.07. The highest BCUT2D eigenvalue weighted by Crippen LogP contribution is 2.38. The van der Waals surface area contributed by atoms with Crippen LogP contribution in [0.5, 0.6) is 0 Å². The van der Waals surface area contributed by atoms with Crippen molar-refractivity contribution in [3.05, 3.63) is 107 Å². The van der Waals surface area contributed by atoms with Crippen LogP contribution in [0, 0.1) is 0 Å². The fraction of sp³-hybridized carbons (Fsp3) is 0. The fourth-order valence-electron chi connectivity index (χ4n) is 5.09. The molecule has 0 bridgehead atoms. The lowest BCUT2D eigenvalue weighted by molar-refractivity contribution is 1.15. The van der Waals surface area contributed by atoms with E-state index in [-0.39, 0.29) is 5.56 Å². The first-order chi connectivity index (χ1) is 14.8. The SMILES string of the molecule is O=c1c2c(-c3ccccc3)c3ccccc3n2c2cccc3c4ccccc4n1c32. The summed E-state index contributed by atoms with van der Waals surface area (Å²) in [6.07, 6.45) is 0. The fourth-order valence-corrected chi connectivity index (χ4v) is 5.09. The molecule has 0 spiro atoms. The molecule has 140 valence electrons. The molecule has 0 aliphatic rings. The van der Waals surface area contributed by atoms with Crippen molar-refractivity contribution in [2.24, 2.45) is 0 Å². The van der Waals surface area contributed by atoms with Crippen LogP contribution < -0.4 is 5.56 Å². The van der Waals surface area contributed by atoms with E-state index in [1.54, 1.807) is 0 Å². The van der Waals surface area contributed by atoms with E-state index in [4.69, 9.17) is 0 Å². The molecule has 0 atom stereocenters. The lowest BCUT2D eigenvalue weighted by atomic mass is 10.0. The highest BCUT2D eigenvalue weighted by atomic mass is 16.1. The zero-order valence-corrected chi connectivity index (χ0v) is 16.0. The van der Waals surface area contributed by atoms with Crippen molar-refractivity contribution in [1.82, 2.24) is 8.80 Å². The maximum Gasteiger partial charge on any atom is 0.280 e. The van der Waals surface area contributed by atoms with Crippen molar-refractivity contribution in [2.45, 2.75) is 0 Å². The smallest absolute Gasteiger partial charge is 0.280 e. The minimum Gasteiger partial charge on any atom is -0.302 e. The number of nitrogens with zero attached hydrogens (tertiary/aromatic N) is 2. The van der Waals surface area contributed by atoms with Crippen LogP contribution in [0.4, 0.5) is 0 Å². The summed E-state index contributed by atoms with van der Waals surface area (Å²) in [5, 5.41) is 3.32. The van der Waals surface area contributed by atoms with Gasteiger partial charge in [-0.3, -0.25) is 9.20 Å². The van der Waals surface area contributed by atoms with E-state index in [1.165, 1.54) is 0 Å². The molecule has 7 rings (SSSR count). The van der Waals surface area contributed by atoms with Gasteiger partial charge in [-0.2, -0.15) is 0 Å². The van der Waals surface area contributed by atoms with Crippen molar-refractivity contribution in [3.63, 3.8) is 0 Å². The first-order valence-electron chi connectivity index (χ1n) is 10.1. The number of fused-ring (bicyclic) bond motifs is 7. The van der Waals surface area contributed by atoms with Crippen molar-refractivity contribution >= 4 is 43.7 Å². The third kappa shape index (κ3) is 1.78. The third-order valence-electron chi connectivity index (χ3n) is 6.26. The molecule has 0 saturated heterocycles. The van der Waals surface area contributed by atoms with Gasteiger partial charge in [-0.1, -0.05) is 78.9 Å². The molecule has 0 N–H and O–H groups in total. The van der Waals surface area contributed by atoms with Gasteiger partial charge in [0.25, 0.3) is 5.56 Å². The average molecular weight is 384 g/mol. The summed E-state index contributed by atoms with van der Waals surface area (Å²) in [5.41, 5.74) is 6.86. The van der Waals surface area contributed by atoms with Crippen molar-refractivity contribution < 1.29 is 0 Å². The number of aromatic nitrogens is 2. The van der Waals surface area contributed by atoms with Gasteiger partial charge in [0.1, 0.15) is 5.52 Å². The van der Waals surface area contributed by atoms with E-state index in [0.29, 0.717) is 0 Å². The predicted octanol–water partition coefficient (Wildman–Crippen LogP) is 6.12. The molecular weight excluding hydrogens is 368 g/mol. The summed E-state index contributed by atoms with van der Waals surface area (Å²) in [4.78, 5) is 14.1. The molecule has 0 aliphatic heterocycles. The molecule has 30 heavy (non-hydrogen) atoms.